The molecule has 0 radical (unpaired) electrons. The number of benzene rings is 1. The van der Waals surface area contributed by atoms with E-state index in [1.165, 1.54) is 38.8 Å². The van der Waals surface area contributed by atoms with Crippen molar-refractivity contribution >= 4 is 22.3 Å². The van der Waals surface area contributed by atoms with E-state index in [0.29, 0.717) is 0 Å². The predicted octanol–water partition coefficient (Wildman–Crippen LogP) is 1.83. The lowest BCUT2D eigenvalue weighted by Crippen LogP contribution is -2.84. The van der Waals surface area contributed by atoms with Gasteiger partial charge in [-0.15, -0.1) is 0 Å². The second-order valence-corrected chi connectivity index (χ2v) is 5.84. The Morgan fingerprint density at radius 1 is 1.04 bits per heavy atom. The monoisotopic (exact) mass is 381 g/mol. The summed E-state index contributed by atoms with van der Waals surface area (Å²) >= 11 is 0. The van der Waals surface area contributed by atoms with Crippen molar-refractivity contribution in [3.8, 4) is 5.75 Å². The molecule has 148 valence electrons. The fraction of sp³-hybridized carbons (Fsp3) is 0.471. The van der Waals surface area contributed by atoms with Gasteiger partial charge in [0.05, 0.1) is 22.9 Å². The summed E-state index contributed by atoms with van der Waals surface area (Å²) in [5.74, 6) is -1.20. The lowest BCUT2D eigenvalue weighted by atomic mass is 10.2. The Kier molecular flexibility index (Phi) is 8.86. The van der Waals surface area contributed by atoms with Crippen LogP contribution in [0.25, 0.3) is 11.0 Å². The largest absolute Gasteiger partial charge is 0.867 e. The van der Waals surface area contributed by atoms with Gasteiger partial charge < -0.3 is 14.8 Å². The number of nitrogens with two attached hydrogens (primary N) is 1. The molecule has 0 aliphatic rings. The number of unbranched alkanes of at least 4 members (excludes halogenated alkanes) is 2. The predicted molar refractivity (Wildman–Crippen MR) is 96.7 cm³/mol. The molecule has 0 saturated heterocycles. The summed E-state index contributed by atoms with van der Waals surface area (Å²) in [7, 11) is 0. The molecule has 10 nitrogen and oxygen atoms in total. The van der Waals surface area contributed by atoms with E-state index in [0.717, 1.165) is 18.2 Å². The highest BCUT2D eigenvalue weighted by molar-refractivity contribution is 5.87. The summed E-state index contributed by atoms with van der Waals surface area (Å²) in [5, 5.41) is 34.7. The molecule has 0 amide bonds. The lowest BCUT2D eigenvalue weighted by Gasteiger charge is -2.08. The fourth-order valence-electron chi connectivity index (χ4n) is 2.27. The summed E-state index contributed by atoms with van der Waals surface area (Å²) in [6.07, 6.45) is 5.43. The van der Waals surface area contributed by atoms with Crippen molar-refractivity contribution in [1.82, 2.24) is 0 Å². The van der Waals surface area contributed by atoms with Crippen LogP contribution in [0.5, 0.6) is 5.75 Å². The van der Waals surface area contributed by atoms with Gasteiger partial charge in [0.2, 0.25) is 0 Å². The lowest BCUT2D eigenvalue weighted by molar-refractivity contribution is -0.655. The Labute approximate surface area is 155 Å². The Balaban J connectivity index is 0.000000345. The van der Waals surface area contributed by atoms with Crippen LogP contribution in [0.2, 0.25) is 0 Å². The van der Waals surface area contributed by atoms with Crippen molar-refractivity contribution < 1.29 is 24.7 Å². The molecule has 0 atom stereocenters. The minimum atomic E-state index is -1.38. The highest BCUT2D eigenvalue weighted by Gasteiger charge is 2.19. The first kappa shape index (κ1) is 22.0. The smallest absolute Gasteiger partial charge is 0.414 e. The van der Waals surface area contributed by atoms with E-state index in [2.05, 4.69) is 23.6 Å². The molecule has 0 spiro atoms. The minimum Gasteiger partial charge on any atom is -0.867 e. The van der Waals surface area contributed by atoms with Crippen molar-refractivity contribution in [3.05, 3.63) is 48.8 Å². The van der Waals surface area contributed by atoms with Gasteiger partial charge in [-0.05, 0) is 24.7 Å². The molecule has 1 aromatic heterocycles. The molecule has 27 heavy (non-hydrogen) atoms. The van der Waals surface area contributed by atoms with Gasteiger partial charge in [-0.1, -0.05) is 26.7 Å². The molecule has 0 fully saturated rings. The zero-order valence-electron chi connectivity index (χ0n) is 15.3. The number of hydrogen-bond acceptors (Lipinski definition) is 7. The maximum atomic E-state index is 11.6. The van der Waals surface area contributed by atoms with Gasteiger partial charge in [0.15, 0.2) is 0 Å². The number of fused-ring (bicyclic) bond motifs is 1. The average molecular weight is 381 g/mol. The van der Waals surface area contributed by atoms with Crippen molar-refractivity contribution in [2.45, 2.75) is 39.5 Å². The molecule has 2 aromatic rings. The Morgan fingerprint density at radius 2 is 1.63 bits per heavy atom. The van der Waals surface area contributed by atoms with E-state index in [-0.39, 0.29) is 11.0 Å². The van der Waals surface area contributed by atoms with Gasteiger partial charge in [0, 0.05) is 17.5 Å². The second kappa shape index (κ2) is 10.9. The number of nitro benzene ring substituents is 1. The first-order valence-corrected chi connectivity index (χ1v) is 8.71. The molecule has 1 heterocycles. The standard InChI is InChI=1S/C9H4N2O7.C8H19N/c12-8-5-3-4(10(14)15)1-2-6(5)18-9(13)7(8)11(16)17;1-3-5-7-9-8-6-4-2/h1-3,12H;9H,3-8H2,1-2H3. The highest BCUT2D eigenvalue weighted by Crippen LogP contribution is 2.30. The van der Waals surface area contributed by atoms with E-state index >= 15 is 0 Å². The van der Waals surface area contributed by atoms with Crippen molar-refractivity contribution in [2.24, 2.45) is 0 Å². The van der Waals surface area contributed by atoms with E-state index in [1.807, 2.05) is 0 Å². The number of rotatable bonds is 8. The molecular weight excluding hydrogens is 358 g/mol. The molecule has 0 saturated carbocycles. The van der Waals surface area contributed by atoms with Crippen LogP contribution in [-0.4, -0.2) is 22.9 Å². The molecule has 1 aromatic carbocycles. The number of hydrogen-bond donors (Lipinski definition) is 1. The number of nitrogens with zero attached hydrogens (tertiary/aromatic N) is 2. The molecule has 0 aliphatic heterocycles. The maximum Gasteiger partial charge on any atom is 0.414 e. The van der Waals surface area contributed by atoms with Crippen molar-refractivity contribution in [2.75, 3.05) is 13.1 Å². The first-order chi connectivity index (χ1) is 12.8. The molecule has 0 unspecified atom stereocenters. The summed E-state index contributed by atoms with van der Waals surface area (Å²) in [6, 6.07) is 2.89. The average Bonchev–Trinajstić information content (AvgIpc) is 2.61. The Bertz CT molecular complexity index is 842. The molecule has 2 rings (SSSR count). The maximum absolute atomic E-state index is 11.6. The van der Waals surface area contributed by atoms with E-state index in [1.54, 1.807) is 0 Å². The fourth-order valence-corrected chi connectivity index (χ4v) is 2.27. The molecular formula is C17H23N3O7. The third-order valence-corrected chi connectivity index (χ3v) is 3.74. The summed E-state index contributed by atoms with van der Waals surface area (Å²) < 4.78 is 4.55. The van der Waals surface area contributed by atoms with Gasteiger partial charge in [-0.2, -0.15) is 0 Å². The first-order valence-electron chi connectivity index (χ1n) is 8.71. The molecule has 2 N–H and O–H groups in total. The van der Waals surface area contributed by atoms with Gasteiger partial charge in [0.1, 0.15) is 5.58 Å². The number of non-ortho nitro benzene ring substituents is 1. The summed E-state index contributed by atoms with van der Waals surface area (Å²) in [4.78, 5) is 30.3. The second-order valence-electron chi connectivity index (χ2n) is 5.84. The van der Waals surface area contributed by atoms with E-state index < -0.39 is 32.6 Å². The van der Waals surface area contributed by atoms with Gasteiger partial charge in [-0.3, -0.25) is 20.2 Å². The van der Waals surface area contributed by atoms with Gasteiger partial charge >= 0.3 is 11.3 Å². The van der Waals surface area contributed by atoms with Crippen molar-refractivity contribution in [1.29, 1.82) is 0 Å². The van der Waals surface area contributed by atoms with Gasteiger partial charge in [0.25, 0.3) is 5.69 Å². The zero-order chi connectivity index (χ0) is 20.4. The van der Waals surface area contributed by atoms with Crippen LogP contribution in [0.15, 0.2) is 27.4 Å². The molecule has 0 aliphatic carbocycles. The SMILES string of the molecule is CCCC[NH2+]CCCC.O=c1oc2ccc([N+](=O)[O-])cc2c([O-])c1[N+](=O)[O-]. The van der Waals surface area contributed by atoms with Crippen molar-refractivity contribution in [3.63, 3.8) is 0 Å². The van der Waals surface area contributed by atoms with Crippen LogP contribution < -0.4 is 16.0 Å². The molecule has 10 heteroatoms. The highest BCUT2D eigenvalue weighted by atomic mass is 16.6. The van der Waals surface area contributed by atoms with Crippen LogP contribution in [0.1, 0.15) is 39.5 Å². The van der Waals surface area contributed by atoms with E-state index in [9.17, 15) is 30.1 Å². The zero-order valence-corrected chi connectivity index (χ0v) is 15.3. The Hall–Kier alpha value is -3.01. The third kappa shape index (κ3) is 6.33. The van der Waals surface area contributed by atoms with E-state index in [4.69, 9.17) is 0 Å². The van der Waals surface area contributed by atoms with Crippen LogP contribution in [-0.2, 0) is 0 Å². The number of quaternary nitrogens is 1. The molecule has 0 bridgehead atoms. The summed E-state index contributed by atoms with van der Waals surface area (Å²) in [5.41, 5.74) is -3.31. The quantitative estimate of drug-likeness (QED) is 0.316. The Morgan fingerprint density at radius 3 is 2.11 bits per heavy atom. The summed E-state index contributed by atoms with van der Waals surface area (Å²) in [6.45, 7) is 7.15. The van der Waals surface area contributed by atoms with Crippen LogP contribution in [0.4, 0.5) is 11.4 Å². The van der Waals surface area contributed by atoms with Crippen LogP contribution >= 0.6 is 0 Å². The third-order valence-electron chi connectivity index (χ3n) is 3.74. The minimum absolute atomic E-state index is 0.235. The van der Waals surface area contributed by atoms with Crippen LogP contribution in [0, 0.1) is 20.2 Å². The number of nitro groups is 2. The van der Waals surface area contributed by atoms with Crippen LogP contribution in [0.3, 0.4) is 0 Å². The normalized spacial score (nSPS) is 10.3. The topological polar surface area (TPSA) is 156 Å². The van der Waals surface area contributed by atoms with Gasteiger partial charge in [-0.25, -0.2) is 4.79 Å².